The number of hydrogen-bond donors (Lipinski definition) is 0. The molecule has 1 aromatic heterocycles. The van der Waals surface area contributed by atoms with E-state index in [1.807, 2.05) is 26.2 Å². The number of hydrogen-bond acceptors (Lipinski definition) is 3. The lowest BCUT2D eigenvalue weighted by atomic mass is 9.85. The summed E-state index contributed by atoms with van der Waals surface area (Å²) < 4.78 is 0. The average molecular weight is 197 g/mol. The molecule has 0 fully saturated rings. The van der Waals surface area contributed by atoms with Crippen molar-refractivity contribution in [1.82, 2.24) is 4.98 Å². The lowest BCUT2D eigenvalue weighted by molar-refractivity contribution is -0.115. The zero-order valence-electron chi connectivity index (χ0n) is 8.33. The first-order valence-electron chi connectivity index (χ1n) is 4.47. The van der Waals surface area contributed by atoms with Crippen molar-refractivity contribution in [3.05, 3.63) is 16.1 Å². The molecule has 72 valence electrons. The first kappa shape index (κ1) is 10.4. The van der Waals surface area contributed by atoms with Crippen molar-refractivity contribution in [3.8, 4) is 0 Å². The summed E-state index contributed by atoms with van der Waals surface area (Å²) in [5.74, 6) is 0. The Morgan fingerprint density at radius 1 is 1.69 bits per heavy atom. The zero-order chi connectivity index (χ0) is 9.90. The van der Waals surface area contributed by atoms with Gasteiger partial charge in [0.25, 0.3) is 0 Å². The molecule has 0 saturated carbocycles. The van der Waals surface area contributed by atoms with Gasteiger partial charge in [0.15, 0.2) is 0 Å². The molecule has 1 unspecified atom stereocenters. The SMILES string of the molecule is CCC(C)(C=O)Cc1csc(C)n1. The van der Waals surface area contributed by atoms with Gasteiger partial charge in [-0.05, 0) is 13.3 Å². The number of aldehydes is 1. The van der Waals surface area contributed by atoms with Gasteiger partial charge in [-0.3, -0.25) is 0 Å². The molecule has 1 rings (SSSR count). The minimum atomic E-state index is -0.236. The Morgan fingerprint density at radius 3 is 2.77 bits per heavy atom. The van der Waals surface area contributed by atoms with Crippen LogP contribution in [0.15, 0.2) is 5.38 Å². The highest BCUT2D eigenvalue weighted by atomic mass is 32.1. The Labute approximate surface area is 83.0 Å². The fourth-order valence-electron chi connectivity index (χ4n) is 1.15. The molecule has 0 N–H and O–H groups in total. The maximum absolute atomic E-state index is 10.8. The van der Waals surface area contributed by atoms with Crippen LogP contribution in [0.4, 0.5) is 0 Å². The van der Waals surface area contributed by atoms with Crippen LogP contribution in [0.1, 0.15) is 31.0 Å². The van der Waals surface area contributed by atoms with E-state index in [1.165, 1.54) is 0 Å². The lowest BCUT2D eigenvalue weighted by Gasteiger charge is -2.18. The Balaban J connectivity index is 2.72. The standard InChI is InChI=1S/C10H15NOS/c1-4-10(3,7-12)5-9-6-13-8(2)11-9/h6-7H,4-5H2,1-3H3. The maximum Gasteiger partial charge on any atom is 0.126 e. The summed E-state index contributed by atoms with van der Waals surface area (Å²) in [5.41, 5.74) is 0.805. The molecule has 0 spiro atoms. The molecule has 0 radical (unpaired) electrons. The van der Waals surface area contributed by atoms with Gasteiger partial charge < -0.3 is 4.79 Å². The van der Waals surface area contributed by atoms with Crippen LogP contribution in [0.2, 0.25) is 0 Å². The van der Waals surface area contributed by atoms with Crippen LogP contribution >= 0.6 is 11.3 Å². The second-order valence-corrected chi connectivity index (χ2v) is 4.72. The number of nitrogens with zero attached hydrogens (tertiary/aromatic N) is 1. The van der Waals surface area contributed by atoms with Gasteiger partial charge in [0, 0.05) is 17.2 Å². The Kier molecular flexibility index (Phi) is 3.20. The van der Waals surface area contributed by atoms with Gasteiger partial charge in [0.05, 0.1) is 10.7 Å². The van der Waals surface area contributed by atoms with Crippen LogP contribution in [-0.4, -0.2) is 11.3 Å². The Hall–Kier alpha value is -0.700. The molecule has 0 bridgehead atoms. The van der Waals surface area contributed by atoms with E-state index in [0.717, 1.165) is 29.8 Å². The molecule has 1 heterocycles. The molecule has 0 aromatic carbocycles. The van der Waals surface area contributed by atoms with Gasteiger partial charge in [0.2, 0.25) is 0 Å². The Bertz CT molecular complexity index is 295. The van der Waals surface area contributed by atoms with Gasteiger partial charge in [-0.1, -0.05) is 13.8 Å². The van der Waals surface area contributed by atoms with E-state index in [0.29, 0.717) is 0 Å². The van der Waals surface area contributed by atoms with Gasteiger partial charge in [-0.25, -0.2) is 4.98 Å². The summed E-state index contributed by atoms with van der Waals surface area (Å²) in [6.07, 6.45) is 2.67. The van der Waals surface area contributed by atoms with Crippen LogP contribution in [0.5, 0.6) is 0 Å². The maximum atomic E-state index is 10.8. The predicted molar refractivity (Wildman–Crippen MR) is 55.0 cm³/mol. The van der Waals surface area contributed by atoms with E-state index in [-0.39, 0.29) is 5.41 Å². The summed E-state index contributed by atoms with van der Waals surface area (Å²) in [4.78, 5) is 15.2. The molecule has 1 aromatic rings. The van der Waals surface area contributed by atoms with Gasteiger partial charge in [0.1, 0.15) is 6.29 Å². The molecule has 1 atom stereocenters. The fraction of sp³-hybridized carbons (Fsp3) is 0.600. The summed E-state index contributed by atoms with van der Waals surface area (Å²) in [5, 5.41) is 3.10. The molecule has 0 aliphatic heterocycles. The van der Waals surface area contributed by atoms with E-state index in [2.05, 4.69) is 4.98 Å². The highest BCUT2D eigenvalue weighted by Crippen LogP contribution is 2.24. The van der Waals surface area contributed by atoms with E-state index in [1.54, 1.807) is 11.3 Å². The van der Waals surface area contributed by atoms with E-state index in [4.69, 9.17) is 0 Å². The number of aromatic nitrogens is 1. The molecule has 0 saturated heterocycles. The summed E-state index contributed by atoms with van der Waals surface area (Å²) >= 11 is 1.64. The molecular weight excluding hydrogens is 182 g/mol. The summed E-state index contributed by atoms with van der Waals surface area (Å²) in [6.45, 7) is 6.00. The first-order valence-corrected chi connectivity index (χ1v) is 5.35. The van der Waals surface area contributed by atoms with Crippen molar-refractivity contribution in [2.45, 2.75) is 33.6 Å². The molecule has 13 heavy (non-hydrogen) atoms. The van der Waals surface area contributed by atoms with Crippen molar-refractivity contribution < 1.29 is 4.79 Å². The predicted octanol–water partition coefficient (Wildman–Crippen LogP) is 2.61. The highest BCUT2D eigenvalue weighted by molar-refractivity contribution is 7.09. The largest absolute Gasteiger partial charge is 0.303 e. The average Bonchev–Trinajstić information content (AvgIpc) is 2.51. The van der Waals surface area contributed by atoms with Gasteiger partial charge >= 0.3 is 0 Å². The fourth-order valence-corrected chi connectivity index (χ4v) is 1.77. The topological polar surface area (TPSA) is 30.0 Å². The van der Waals surface area contributed by atoms with Gasteiger partial charge in [-0.2, -0.15) is 0 Å². The molecule has 0 amide bonds. The van der Waals surface area contributed by atoms with Crippen molar-refractivity contribution in [2.75, 3.05) is 0 Å². The van der Waals surface area contributed by atoms with Crippen LogP contribution in [0.25, 0.3) is 0 Å². The minimum Gasteiger partial charge on any atom is -0.303 e. The minimum absolute atomic E-state index is 0.236. The third-order valence-electron chi connectivity index (χ3n) is 2.34. The van der Waals surface area contributed by atoms with Crippen molar-refractivity contribution >= 4 is 17.6 Å². The number of thiazole rings is 1. The molecule has 3 heteroatoms. The van der Waals surface area contributed by atoms with Crippen LogP contribution in [0, 0.1) is 12.3 Å². The van der Waals surface area contributed by atoms with Crippen LogP contribution in [0.3, 0.4) is 0 Å². The molecule has 0 aliphatic rings. The second kappa shape index (κ2) is 4.01. The third kappa shape index (κ3) is 2.62. The van der Waals surface area contributed by atoms with E-state index >= 15 is 0 Å². The summed E-state index contributed by atoms with van der Waals surface area (Å²) in [7, 11) is 0. The molecular formula is C10H15NOS. The van der Waals surface area contributed by atoms with Crippen LogP contribution in [-0.2, 0) is 11.2 Å². The quantitative estimate of drug-likeness (QED) is 0.694. The number of carbonyl (C=O) groups excluding carboxylic acids is 1. The van der Waals surface area contributed by atoms with Crippen molar-refractivity contribution in [3.63, 3.8) is 0 Å². The van der Waals surface area contributed by atoms with E-state index < -0.39 is 0 Å². The first-order chi connectivity index (χ1) is 6.09. The Morgan fingerprint density at radius 2 is 2.38 bits per heavy atom. The molecule has 2 nitrogen and oxygen atoms in total. The number of carbonyl (C=O) groups is 1. The zero-order valence-corrected chi connectivity index (χ0v) is 9.15. The molecule has 0 aliphatic carbocycles. The monoisotopic (exact) mass is 197 g/mol. The number of rotatable bonds is 4. The second-order valence-electron chi connectivity index (χ2n) is 3.66. The van der Waals surface area contributed by atoms with E-state index in [9.17, 15) is 4.79 Å². The summed E-state index contributed by atoms with van der Waals surface area (Å²) in [6, 6.07) is 0. The van der Waals surface area contributed by atoms with Crippen molar-refractivity contribution in [1.29, 1.82) is 0 Å². The van der Waals surface area contributed by atoms with Crippen molar-refractivity contribution in [2.24, 2.45) is 5.41 Å². The highest BCUT2D eigenvalue weighted by Gasteiger charge is 2.22. The van der Waals surface area contributed by atoms with Crippen LogP contribution < -0.4 is 0 Å². The smallest absolute Gasteiger partial charge is 0.126 e. The third-order valence-corrected chi connectivity index (χ3v) is 3.17. The number of aryl methyl sites for hydroxylation is 1. The normalized spacial score (nSPS) is 15.3. The lowest BCUT2D eigenvalue weighted by Crippen LogP contribution is -2.20. The van der Waals surface area contributed by atoms with Gasteiger partial charge in [-0.15, -0.1) is 11.3 Å².